The fraction of sp³-hybridized carbons (Fsp3) is 0.647. The topological polar surface area (TPSA) is 44.7 Å². The second-order valence-electron chi connectivity index (χ2n) is 6.05. The van der Waals surface area contributed by atoms with E-state index >= 15 is 0 Å². The van der Waals surface area contributed by atoms with E-state index in [0.717, 1.165) is 31.8 Å². The molecule has 1 aromatic carbocycles. The summed E-state index contributed by atoms with van der Waals surface area (Å²) in [6.45, 7) is 3.89. The van der Waals surface area contributed by atoms with Gasteiger partial charge in [-0.1, -0.05) is 30.3 Å². The third-order valence-corrected chi connectivity index (χ3v) is 4.57. The van der Waals surface area contributed by atoms with Crippen LogP contribution in [0.2, 0.25) is 0 Å². The third-order valence-electron chi connectivity index (χ3n) is 4.57. The van der Waals surface area contributed by atoms with E-state index in [2.05, 4.69) is 22.3 Å². The molecule has 21 heavy (non-hydrogen) atoms. The van der Waals surface area contributed by atoms with Crippen LogP contribution in [0.3, 0.4) is 0 Å². The number of piperidine rings is 1. The number of nitrogens with zero attached hydrogens (tertiary/aromatic N) is 1. The molecule has 0 spiro atoms. The number of methoxy groups -OCH3 is 1. The molecule has 2 unspecified atom stereocenters. The highest BCUT2D eigenvalue weighted by molar-refractivity contribution is 5.25. The van der Waals surface area contributed by atoms with Gasteiger partial charge in [-0.05, 0) is 37.9 Å². The van der Waals surface area contributed by atoms with Crippen molar-refractivity contribution in [3.8, 4) is 0 Å². The number of benzene rings is 1. The second-order valence-corrected chi connectivity index (χ2v) is 6.05. The van der Waals surface area contributed by atoms with E-state index in [1.165, 1.54) is 12.8 Å². The lowest BCUT2D eigenvalue weighted by Crippen LogP contribution is -2.54. The van der Waals surface area contributed by atoms with Crippen molar-refractivity contribution >= 4 is 0 Å². The van der Waals surface area contributed by atoms with Crippen molar-refractivity contribution < 1.29 is 9.84 Å². The number of likely N-dealkylation sites (N-methyl/N-ethyl adjacent to an activating group) is 1. The van der Waals surface area contributed by atoms with Gasteiger partial charge >= 0.3 is 0 Å². The number of nitrogens with one attached hydrogen (secondary N) is 1. The van der Waals surface area contributed by atoms with Gasteiger partial charge in [-0.2, -0.15) is 0 Å². The summed E-state index contributed by atoms with van der Waals surface area (Å²) >= 11 is 0. The van der Waals surface area contributed by atoms with Crippen LogP contribution in [0, 0.1) is 5.92 Å². The van der Waals surface area contributed by atoms with Crippen molar-refractivity contribution in [1.29, 1.82) is 0 Å². The molecule has 0 radical (unpaired) electrons. The second kappa shape index (κ2) is 7.90. The van der Waals surface area contributed by atoms with Crippen LogP contribution in [0.25, 0.3) is 0 Å². The Hall–Kier alpha value is -0.940. The molecule has 1 saturated heterocycles. The minimum absolute atomic E-state index is 0.0962. The van der Waals surface area contributed by atoms with Gasteiger partial charge in [0.1, 0.15) is 0 Å². The van der Waals surface area contributed by atoms with E-state index in [1.807, 2.05) is 25.2 Å². The highest BCUT2D eigenvalue weighted by Gasteiger charge is 2.33. The Morgan fingerprint density at radius 2 is 2.14 bits per heavy atom. The first kappa shape index (κ1) is 16.4. The van der Waals surface area contributed by atoms with E-state index in [-0.39, 0.29) is 6.61 Å². The Morgan fingerprint density at radius 3 is 2.76 bits per heavy atom. The van der Waals surface area contributed by atoms with Gasteiger partial charge in [-0.25, -0.2) is 0 Å². The van der Waals surface area contributed by atoms with Gasteiger partial charge in [0.15, 0.2) is 0 Å². The molecule has 0 aliphatic carbocycles. The summed E-state index contributed by atoms with van der Waals surface area (Å²) in [6.07, 6.45) is 2.44. The van der Waals surface area contributed by atoms with Crippen LogP contribution in [0.4, 0.5) is 0 Å². The number of hydrogen-bond donors (Lipinski definition) is 2. The minimum atomic E-state index is -0.393. The quantitative estimate of drug-likeness (QED) is 0.798. The fourth-order valence-corrected chi connectivity index (χ4v) is 3.34. The monoisotopic (exact) mass is 292 g/mol. The first-order valence-electron chi connectivity index (χ1n) is 7.80. The average molecular weight is 292 g/mol. The van der Waals surface area contributed by atoms with Gasteiger partial charge in [0.2, 0.25) is 0 Å². The molecule has 1 heterocycles. The molecule has 2 N–H and O–H groups in total. The van der Waals surface area contributed by atoms with Crippen LogP contribution in [0.15, 0.2) is 30.3 Å². The Kier molecular flexibility index (Phi) is 6.18. The average Bonchev–Trinajstić information content (AvgIpc) is 2.54. The summed E-state index contributed by atoms with van der Waals surface area (Å²) in [5.41, 5.74) is 0.750. The lowest BCUT2D eigenvalue weighted by Gasteiger charge is -2.40. The molecule has 1 aliphatic heterocycles. The minimum Gasteiger partial charge on any atom is -0.394 e. The molecule has 1 aliphatic rings. The van der Waals surface area contributed by atoms with Gasteiger partial charge in [0.25, 0.3) is 0 Å². The first-order chi connectivity index (χ1) is 10.2. The van der Waals surface area contributed by atoms with Crippen LogP contribution < -0.4 is 5.32 Å². The summed E-state index contributed by atoms with van der Waals surface area (Å²) in [4.78, 5) is 2.45. The van der Waals surface area contributed by atoms with Crippen molar-refractivity contribution in [2.45, 2.75) is 18.4 Å². The van der Waals surface area contributed by atoms with Crippen molar-refractivity contribution in [2.75, 3.05) is 47.0 Å². The smallest absolute Gasteiger partial charge is 0.0795 e. The zero-order chi connectivity index (χ0) is 15.1. The Balaban J connectivity index is 2.09. The maximum Gasteiger partial charge on any atom is 0.0795 e. The predicted molar refractivity (Wildman–Crippen MR) is 85.3 cm³/mol. The van der Waals surface area contributed by atoms with E-state index < -0.39 is 5.54 Å². The zero-order valence-electron chi connectivity index (χ0n) is 13.2. The number of likely N-dealkylation sites (tertiary alicyclic amines) is 1. The van der Waals surface area contributed by atoms with Gasteiger partial charge < -0.3 is 20.1 Å². The van der Waals surface area contributed by atoms with Gasteiger partial charge in [0, 0.05) is 20.2 Å². The van der Waals surface area contributed by atoms with Gasteiger partial charge in [0.05, 0.1) is 18.8 Å². The van der Waals surface area contributed by atoms with Crippen molar-refractivity contribution in [1.82, 2.24) is 10.2 Å². The Bertz CT molecular complexity index is 405. The molecule has 118 valence electrons. The molecular formula is C17H28N2O2. The largest absolute Gasteiger partial charge is 0.394 e. The molecule has 0 aromatic heterocycles. The number of hydrogen-bond acceptors (Lipinski definition) is 4. The standard InChI is InChI=1S/C17H28N2O2/c1-18-17(14-20,16-8-4-3-5-9-16)13-19-10-6-7-15(11-19)12-21-2/h3-5,8-9,15,18,20H,6-7,10-14H2,1-2H3. The normalized spacial score (nSPS) is 22.9. The molecular weight excluding hydrogens is 264 g/mol. The van der Waals surface area contributed by atoms with Crippen molar-refractivity contribution in [3.05, 3.63) is 35.9 Å². The molecule has 0 bridgehead atoms. The lowest BCUT2D eigenvalue weighted by atomic mass is 9.88. The summed E-state index contributed by atoms with van der Waals surface area (Å²) in [5, 5.41) is 13.4. The fourth-order valence-electron chi connectivity index (χ4n) is 3.34. The SMILES string of the molecule is CNC(CO)(CN1CCCC(COC)C1)c1ccccc1. The van der Waals surface area contributed by atoms with Crippen LogP contribution in [0.1, 0.15) is 18.4 Å². The lowest BCUT2D eigenvalue weighted by molar-refractivity contribution is 0.0569. The summed E-state index contributed by atoms with van der Waals surface area (Å²) in [5.74, 6) is 0.604. The number of rotatable bonds is 7. The van der Waals surface area contributed by atoms with Crippen molar-refractivity contribution in [2.24, 2.45) is 5.92 Å². The van der Waals surface area contributed by atoms with E-state index in [0.29, 0.717) is 5.92 Å². The first-order valence-corrected chi connectivity index (χ1v) is 7.80. The van der Waals surface area contributed by atoms with E-state index in [1.54, 1.807) is 7.11 Å². The van der Waals surface area contributed by atoms with Crippen LogP contribution >= 0.6 is 0 Å². The van der Waals surface area contributed by atoms with Crippen LogP contribution in [-0.4, -0.2) is 57.0 Å². The van der Waals surface area contributed by atoms with Crippen LogP contribution in [-0.2, 0) is 10.3 Å². The maximum atomic E-state index is 10.0. The highest BCUT2D eigenvalue weighted by Crippen LogP contribution is 2.25. The molecule has 0 saturated carbocycles. The predicted octanol–water partition coefficient (Wildman–Crippen LogP) is 1.45. The van der Waals surface area contributed by atoms with E-state index in [4.69, 9.17) is 4.74 Å². The maximum absolute atomic E-state index is 10.0. The summed E-state index contributed by atoms with van der Waals surface area (Å²) in [6, 6.07) is 10.2. The molecule has 2 atom stereocenters. The third kappa shape index (κ3) is 4.04. The molecule has 4 nitrogen and oxygen atoms in total. The van der Waals surface area contributed by atoms with Crippen molar-refractivity contribution in [3.63, 3.8) is 0 Å². The molecule has 1 fully saturated rings. The van der Waals surface area contributed by atoms with Gasteiger partial charge in [-0.15, -0.1) is 0 Å². The molecule has 0 amide bonds. The van der Waals surface area contributed by atoms with E-state index in [9.17, 15) is 5.11 Å². The number of aliphatic hydroxyl groups is 1. The van der Waals surface area contributed by atoms with Crippen LogP contribution in [0.5, 0.6) is 0 Å². The number of aliphatic hydroxyl groups excluding tert-OH is 1. The summed E-state index contributed by atoms with van der Waals surface area (Å²) in [7, 11) is 3.70. The summed E-state index contributed by atoms with van der Waals surface area (Å²) < 4.78 is 5.31. The Morgan fingerprint density at radius 1 is 1.38 bits per heavy atom. The molecule has 2 rings (SSSR count). The van der Waals surface area contributed by atoms with Gasteiger partial charge in [-0.3, -0.25) is 0 Å². The number of ether oxygens (including phenoxy) is 1. The highest BCUT2D eigenvalue weighted by atomic mass is 16.5. The Labute approximate surface area is 128 Å². The zero-order valence-corrected chi connectivity index (χ0v) is 13.2. The molecule has 4 heteroatoms. The molecule has 1 aromatic rings.